The number of allylic oxidation sites excluding steroid dienone is 28. The molecule has 9 rings (SSSR count). The van der Waals surface area contributed by atoms with Gasteiger partial charge in [-0.25, -0.2) is 0 Å². The molecular weight excluding hydrogens is 516 g/mol. The van der Waals surface area contributed by atoms with Crippen LogP contribution in [0, 0.1) is 29.1 Å². The highest BCUT2D eigenvalue weighted by Crippen LogP contribution is 2.60. The van der Waals surface area contributed by atoms with E-state index in [0.717, 1.165) is 6.42 Å². The normalized spacial score (nSPS) is 32.9. The first kappa shape index (κ1) is 25.8. The lowest BCUT2D eigenvalue weighted by Crippen LogP contribution is -2.27. The van der Waals surface area contributed by atoms with Crippen LogP contribution >= 0.6 is 0 Å². The maximum atomic E-state index is 2.65. The second-order valence-electron chi connectivity index (χ2n) is 14.5. The van der Waals surface area contributed by atoms with Gasteiger partial charge in [-0.15, -0.1) is 0 Å². The molecule has 0 aromatic heterocycles. The van der Waals surface area contributed by atoms with Crippen LogP contribution in [0.5, 0.6) is 0 Å². The summed E-state index contributed by atoms with van der Waals surface area (Å²) in [4.78, 5) is 0. The van der Waals surface area contributed by atoms with Crippen LogP contribution in [0.2, 0.25) is 0 Å². The van der Waals surface area contributed by atoms with E-state index in [9.17, 15) is 0 Å². The lowest BCUT2D eigenvalue weighted by Gasteiger charge is -2.38. The van der Waals surface area contributed by atoms with Crippen molar-refractivity contribution in [1.82, 2.24) is 0 Å². The van der Waals surface area contributed by atoms with E-state index in [1.54, 1.807) is 66.9 Å². The summed E-state index contributed by atoms with van der Waals surface area (Å²) in [6, 6.07) is 0. The molecule has 0 aromatic rings. The average molecular weight is 559 g/mol. The Bertz CT molecular complexity index is 1780. The van der Waals surface area contributed by atoms with Crippen molar-refractivity contribution in [2.45, 2.75) is 65.2 Å². The average Bonchev–Trinajstić information content (AvgIpc) is 3.30. The van der Waals surface area contributed by atoms with E-state index in [2.05, 4.69) is 111 Å². The van der Waals surface area contributed by atoms with Crippen LogP contribution in [0.1, 0.15) is 65.2 Å². The van der Waals surface area contributed by atoms with E-state index in [-0.39, 0.29) is 5.41 Å². The van der Waals surface area contributed by atoms with Crippen molar-refractivity contribution in [3.8, 4) is 0 Å². The van der Waals surface area contributed by atoms with E-state index in [4.69, 9.17) is 0 Å². The Kier molecular flexibility index (Phi) is 5.81. The van der Waals surface area contributed by atoms with E-state index < -0.39 is 0 Å². The molecule has 0 N–H and O–H groups in total. The molecule has 0 nitrogen and oxygen atoms in total. The third-order valence-corrected chi connectivity index (χ3v) is 11.9. The van der Waals surface area contributed by atoms with Crippen molar-refractivity contribution in [2.24, 2.45) is 29.1 Å². The molecule has 43 heavy (non-hydrogen) atoms. The van der Waals surface area contributed by atoms with Gasteiger partial charge < -0.3 is 0 Å². The summed E-state index contributed by atoms with van der Waals surface area (Å²) in [5, 5.41) is 0. The monoisotopic (exact) mass is 558 g/mol. The van der Waals surface area contributed by atoms with Gasteiger partial charge in [-0.05, 0) is 118 Å². The summed E-state index contributed by atoms with van der Waals surface area (Å²) < 4.78 is 0. The fourth-order valence-electron chi connectivity index (χ4n) is 9.61. The van der Waals surface area contributed by atoms with Crippen LogP contribution in [-0.2, 0) is 0 Å². The third kappa shape index (κ3) is 3.95. The van der Waals surface area contributed by atoms with Gasteiger partial charge in [0, 0.05) is 29.1 Å². The maximum absolute atomic E-state index is 2.65. The molecular formula is C43H42. The fourth-order valence-corrected chi connectivity index (χ4v) is 9.61. The Morgan fingerprint density at radius 2 is 1.12 bits per heavy atom. The van der Waals surface area contributed by atoms with E-state index in [1.165, 1.54) is 44.9 Å². The predicted octanol–water partition coefficient (Wildman–Crippen LogP) is 10.9. The molecule has 0 aliphatic heterocycles. The van der Waals surface area contributed by atoms with Gasteiger partial charge in [0.1, 0.15) is 0 Å². The molecule has 0 heterocycles. The SMILES string of the molecule is CC1(C)C2=C(C3=C1C=C(C1=CC4=C(C=C(C5=CC6=C(C=CCC6)CC5)CC4)CC1)C1C=CC=CC31)C1C=CC=CC1C=C2. The van der Waals surface area contributed by atoms with Gasteiger partial charge in [-0.1, -0.05) is 111 Å². The van der Waals surface area contributed by atoms with Crippen molar-refractivity contribution in [2.75, 3.05) is 0 Å². The minimum atomic E-state index is 0.0334. The first-order valence-corrected chi connectivity index (χ1v) is 16.9. The number of rotatable bonds is 2. The van der Waals surface area contributed by atoms with Crippen LogP contribution in [0.15, 0.2) is 164 Å². The molecule has 9 aliphatic rings. The van der Waals surface area contributed by atoms with Crippen molar-refractivity contribution < 1.29 is 0 Å². The van der Waals surface area contributed by atoms with Crippen molar-refractivity contribution in [1.29, 1.82) is 0 Å². The molecule has 214 valence electrons. The largest absolute Gasteiger partial charge is 0.0839 e. The Balaban J connectivity index is 1.09. The molecule has 0 aromatic carbocycles. The minimum absolute atomic E-state index is 0.0334. The van der Waals surface area contributed by atoms with Gasteiger partial charge in [0.25, 0.3) is 0 Å². The van der Waals surface area contributed by atoms with Gasteiger partial charge >= 0.3 is 0 Å². The summed E-state index contributed by atoms with van der Waals surface area (Å²) in [5.41, 5.74) is 19.2. The highest BCUT2D eigenvalue weighted by Gasteiger charge is 2.48. The van der Waals surface area contributed by atoms with Gasteiger partial charge in [0.15, 0.2) is 0 Å². The highest BCUT2D eigenvalue weighted by atomic mass is 14.5. The molecule has 4 unspecified atom stereocenters. The Morgan fingerprint density at radius 3 is 1.91 bits per heavy atom. The first-order chi connectivity index (χ1) is 21.1. The molecule has 0 amide bonds. The third-order valence-electron chi connectivity index (χ3n) is 11.9. The molecule has 0 heteroatoms. The van der Waals surface area contributed by atoms with Gasteiger partial charge in [0.2, 0.25) is 0 Å². The molecule has 0 spiro atoms. The van der Waals surface area contributed by atoms with E-state index in [1.807, 2.05) is 0 Å². The lowest BCUT2D eigenvalue weighted by atomic mass is 9.65. The Hall–Kier alpha value is -3.64. The smallest absolute Gasteiger partial charge is 0.0152 e. The number of hydrogen-bond acceptors (Lipinski definition) is 0. The Morgan fingerprint density at radius 1 is 0.512 bits per heavy atom. The predicted molar refractivity (Wildman–Crippen MR) is 180 cm³/mol. The maximum Gasteiger partial charge on any atom is 0.0152 e. The molecule has 0 fully saturated rings. The van der Waals surface area contributed by atoms with Gasteiger partial charge in [-0.3, -0.25) is 0 Å². The van der Waals surface area contributed by atoms with Gasteiger partial charge in [0.05, 0.1) is 0 Å². The minimum Gasteiger partial charge on any atom is -0.0839 e. The van der Waals surface area contributed by atoms with Crippen LogP contribution in [-0.4, -0.2) is 0 Å². The summed E-state index contributed by atoms with van der Waals surface area (Å²) in [6.07, 6.45) is 48.6. The lowest BCUT2D eigenvalue weighted by molar-refractivity contribution is 0.540. The summed E-state index contributed by atoms with van der Waals surface area (Å²) in [5.74, 6) is 1.81. The number of fused-ring (bicyclic) bond motifs is 5. The summed E-state index contributed by atoms with van der Waals surface area (Å²) in [7, 11) is 0. The molecule has 4 atom stereocenters. The molecule has 9 aliphatic carbocycles. The first-order valence-electron chi connectivity index (χ1n) is 16.9. The van der Waals surface area contributed by atoms with Crippen molar-refractivity contribution in [3.63, 3.8) is 0 Å². The topological polar surface area (TPSA) is 0 Å². The second-order valence-corrected chi connectivity index (χ2v) is 14.5. The van der Waals surface area contributed by atoms with Crippen molar-refractivity contribution in [3.05, 3.63) is 164 Å². The zero-order valence-electron chi connectivity index (χ0n) is 25.7. The van der Waals surface area contributed by atoms with Crippen molar-refractivity contribution >= 4 is 0 Å². The zero-order chi connectivity index (χ0) is 28.7. The standard InChI is InChI=1S/C43H42/c1-43(2)39-22-21-28-10-5-6-12-35(28)41(39)42-37-14-8-7-13-36(37)38(26-40(42)43)34-20-19-32-24-31(17-18-33(32)25-34)30-16-15-27-9-3-4-11-29(27)23-30/h3,5-10,12-14,21-26,28,35-37H,4,11,15-20H2,1-2H3. The van der Waals surface area contributed by atoms with E-state index in [0.29, 0.717) is 23.7 Å². The number of hydrogen-bond donors (Lipinski definition) is 0. The van der Waals surface area contributed by atoms with Gasteiger partial charge in [-0.2, -0.15) is 0 Å². The Labute approximate surface area is 257 Å². The summed E-state index contributed by atoms with van der Waals surface area (Å²) >= 11 is 0. The quantitative estimate of drug-likeness (QED) is 0.316. The van der Waals surface area contributed by atoms with Crippen LogP contribution in [0.25, 0.3) is 0 Å². The van der Waals surface area contributed by atoms with E-state index >= 15 is 0 Å². The highest BCUT2D eigenvalue weighted by molar-refractivity contribution is 5.69. The van der Waals surface area contributed by atoms with Crippen LogP contribution < -0.4 is 0 Å². The summed E-state index contributed by atoms with van der Waals surface area (Å²) in [6.45, 7) is 4.95. The molecule has 0 saturated carbocycles. The molecule has 0 saturated heterocycles. The zero-order valence-corrected chi connectivity index (χ0v) is 25.7. The fraction of sp³-hybridized carbons (Fsp3) is 0.349. The molecule has 0 radical (unpaired) electrons. The van der Waals surface area contributed by atoms with Crippen LogP contribution in [0.3, 0.4) is 0 Å². The van der Waals surface area contributed by atoms with Crippen LogP contribution in [0.4, 0.5) is 0 Å². The second kappa shape index (κ2) is 9.68. The molecule has 0 bridgehead atoms.